The van der Waals surface area contributed by atoms with Crippen LogP contribution in [0.5, 0.6) is 0 Å². The highest BCUT2D eigenvalue weighted by molar-refractivity contribution is 7.80. The summed E-state index contributed by atoms with van der Waals surface area (Å²) in [6.45, 7) is 2.42. The SMILES string of the molecule is CC(NC(=O)C(CC(N)=O)NC(=O)C(N)CS)C(=O)NC(C(=O)O)C(C)O. The highest BCUT2D eigenvalue weighted by Crippen LogP contribution is 1.98. The molecular formula is C14H25N5O7S. The van der Waals surface area contributed by atoms with Gasteiger partial charge in [0.2, 0.25) is 23.6 Å². The van der Waals surface area contributed by atoms with Gasteiger partial charge in [0, 0.05) is 5.75 Å². The van der Waals surface area contributed by atoms with Crippen molar-refractivity contribution in [3.05, 3.63) is 0 Å². The second kappa shape index (κ2) is 11.4. The van der Waals surface area contributed by atoms with Crippen LogP contribution in [-0.4, -0.2) is 75.8 Å². The van der Waals surface area contributed by atoms with Crippen LogP contribution in [0.25, 0.3) is 0 Å². The third kappa shape index (κ3) is 8.70. The Hall–Kier alpha value is -2.38. The molecule has 0 spiro atoms. The summed E-state index contributed by atoms with van der Waals surface area (Å²) in [6, 6.07) is -5.22. The van der Waals surface area contributed by atoms with Gasteiger partial charge in [-0.2, -0.15) is 12.6 Å². The number of carboxylic acid groups (broad SMARTS) is 1. The molecule has 0 rings (SSSR count). The van der Waals surface area contributed by atoms with E-state index in [0.717, 1.165) is 0 Å². The van der Waals surface area contributed by atoms with Crippen molar-refractivity contribution in [1.29, 1.82) is 0 Å². The molecule has 0 saturated heterocycles. The maximum Gasteiger partial charge on any atom is 0.328 e. The highest BCUT2D eigenvalue weighted by Gasteiger charge is 2.30. The highest BCUT2D eigenvalue weighted by atomic mass is 32.1. The van der Waals surface area contributed by atoms with Crippen LogP contribution in [0.2, 0.25) is 0 Å². The zero-order chi connectivity index (χ0) is 21.3. The number of rotatable bonds is 11. The standard InChI is InChI=1S/C14H25N5O7S/c1-5(11(22)19-10(6(2)20)14(25)26)17-13(24)8(3-9(16)21)18-12(23)7(15)4-27/h5-8,10,20,27H,3-4,15H2,1-2H3,(H2,16,21)(H,17,24)(H,18,23)(H,19,22)(H,25,26). The van der Waals surface area contributed by atoms with Gasteiger partial charge in [0.05, 0.1) is 18.6 Å². The first-order valence-corrected chi connectivity index (χ1v) is 8.50. The maximum absolute atomic E-state index is 12.3. The molecule has 0 saturated carbocycles. The second-order valence-electron chi connectivity index (χ2n) is 5.82. The van der Waals surface area contributed by atoms with Crippen molar-refractivity contribution in [3.8, 4) is 0 Å². The summed E-state index contributed by atoms with van der Waals surface area (Å²) in [7, 11) is 0. The summed E-state index contributed by atoms with van der Waals surface area (Å²) in [5.74, 6) is -4.90. The van der Waals surface area contributed by atoms with Gasteiger partial charge in [-0.15, -0.1) is 0 Å². The van der Waals surface area contributed by atoms with Crippen LogP contribution in [0.1, 0.15) is 20.3 Å². The number of primary amides is 1. The lowest BCUT2D eigenvalue weighted by Gasteiger charge is -2.23. The van der Waals surface area contributed by atoms with E-state index in [4.69, 9.17) is 16.6 Å². The Kier molecular flexibility index (Phi) is 10.4. The number of aliphatic hydroxyl groups excluding tert-OH is 1. The lowest BCUT2D eigenvalue weighted by molar-refractivity contribution is -0.145. The number of carboxylic acids is 1. The van der Waals surface area contributed by atoms with E-state index in [1.807, 2.05) is 0 Å². The van der Waals surface area contributed by atoms with Crippen LogP contribution >= 0.6 is 12.6 Å². The van der Waals surface area contributed by atoms with Crippen molar-refractivity contribution in [2.75, 3.05) is 5.75 Å². The zero-order valence-corrected chi connectivity index (χ0v) is 15.7. The molecule has 0 bridgehead atoms. The monoisotopic (exact) mass is 407 g/mol. The number of nitrogens with two attached hydrogens (primary N) is 2. The van der Waals surface area contributed by atoms with Crippen molar-refractivity contribution < 1.29 is 34.2 Å². The number of hydrogen-bond donors (Lipinski definition) is 8. The van der Waals surface area contributed by atoms with Gasteiger partial charge >= 0.3 is 5.97 Å². The largest absolute Gasteiger partial charge is 0.480 e. The molecule has 0 radical (unpaired) electrons. The van der Waals surface area contributed by atoms with Gasteiger partial charge in [-0.25, -0.2) is 4.79 Å². The number of carbonyl (C=O) groups is 5. The number of aliphatic hydroxyl groups is 1. The number of hydrogen-bond acceptors (Lipinski definition) is 8. The van der Waals surface area contributed by atoms with Crippen LogP contribution in [0, 0.1) is 0 Å². The van der Waals surface area contributed by atoms with E-state index in [1.165, 1.54) is 13.8 Å². The molecule has 0 aliphatic carbocycles. The third-order valence-electron chi connectivity index (χ3n) is 3.37. The summed E-state index contributed by atoms with van der Waals surface area (Å²) in [4.78, 5) is 58.2. The maximum atomic E-state index is 12.3. The molecule has 154 valence electrons. The van der Waals surface area contributed by atoms with E-state index in [9.17, 15) is 29.1 Å². The van der Waals surface area contributed by atoms with Gasteiger partial charge in [-0.1, -0.05) is 0 Å². The summed E-state index contributed by atoms with van der Waals surface area (Å²) in [5.41, 5.74) is 10.5. The average Bonchev–Trinajstić information content (AvgIpc) is 2.56. The predicted molar refractivity (Wildman–Crippen MR) is 96.4 cm³/mol. The Bertz CT molecular complexity index is 586. The first-order chi connectivity index (χ1) is 12.4. The molecule has 12 nitrogen and oxygen atoms in total. The molecule has 4 amide bonds. The lowest BCUT2D eigenvalue weighted by Crippen LogP contribution is -2.58. The Morgan fingerprint density at radius 1 is 1.00 bits per heavy atom. The lowest BCUT2D eigenvalue weighted by atomic mass is 10.1. The van der Waals surface area contributed by atoms with Gasteiger partial charge in [0.1, 0.15) is 12.1 Å². The second-order valence-corrected chi connectivity index (χ2v) is 6.18. The number of carbonyl (C=O) groups excluding carboxylic acids is 4. The molecule has 0 aromatic carbocycles. The number of nitrogens with one attached hydrogen (secondary N) is 3. The van der Waals surface area contributed by atoms with Crippen LogP contribution in [0.4, 0.5) is 0 Å². The fraction of sp³-hybridized carbons (Fsp3) is 0.643. The summed E-state index contributed by atoms with van der Waals surface area (Å²) in [5, 5.41) is 24.8. The van der Waals surface area contributed by atoms with Crippen molar-refractivity contribution in [2.24, 2.45) is 11.5 Å². The van der Waals surface area contributed by atoms with Crippen LogP contribution in [0.15, 0.2) is 0 Å². The van der Waals surface area contributed by atoms with Gasteiger partial charge in [0.15, 0.2) is 6.04 Å². The topological polar surface area (TPSA) is 214 Å². The number of aliphatic carboxylic acids is 1. The van der Waals surface area contributed by atoms with Gasteiger partial charge in [0.25, 0.3) is 0 Å². The summed E-state index contributed by atoms with van der Waals surface area (Å²) < 4.78 is 0. The van der Waals surface area contributed by atoms with Gasteiger partial charge < -0.3 is 37.6 Å². The molecule has 0 aromatic heterocycles. The molecule has 27 heavy (non-hydrogen) atoms. The first kappa shape index (κ1) is 24.6. The van der Waals surface area contributed by atoms with Gasteiger partial charge in [-0.05, 0) is 13.8 Å². The number of amides is 4. The van der Waals surface area contributed by atoms with Gasteiger partial charge in [-0.3, -0.25) is 19.2 Å². The molecule has 0 aromatic rings. The average molecular weight is 407 g/mol. The van der Waals surface area contributed by atoms with Crippen LogP contribution < -0.4 is 27.4 Å². The molecule has 13 heteroatoms. The zero-order valence-electron chi connectivity index (χ0n) is 14.8. The van der Waals surface area contributed by atoms with Crippen molar-refractivity contribution >= 4 is 42.2 Å². The van der Waals surface area contributed by atoms with E-state index >= 15 is 0 Å². The third-order valence-corrected chi connectivity index (χ3v) is 3.76. The molecule has 0 aliphatic heterocycles. The molecule has 5 unspecified atom stereocenters. The molecule has 5 atom stereocenters. The molecule has 0 heterocycles. The predicted octanol–water partition coefficient (Wildman–Crippen LogP) is -3.94. The normalized spacial score (nSPS) is 16.2. The Morgan fingerprint density at radius 3 is 1.96 bits per heavy atom. The molecule has 9 N–H and O–H groups in total. The van der Waals surface area contributed by atoms with E-state index in [0.29, 0.717) is 0 Å². The minimum absolute atomic E-state index is 0.00846. The van der Waals surface area contributed by atoms with Crippen LogP contribution in [-0.2, 0) is 24.0 Å². The van der Waals surface area contributed by atoms with E-state index in [-0.39, 0.29) is 5.75 Å². The van der Waals surface area contributed by atoms with E-state index in [2.05, 4.69) is 28.6 Å². The minimum atomic E-state index is -1.58. The fourth-order valence-corrected chi connectivity index (χ4v) is 1.98. The summed E-state index contributed by atoms with van der Waals surface area (Å²) >= 11 is 3.85. The Morgan fingerprint density at radius 2 is 1.56 bits per heavy atom. The number of thiol groups is 1. The van der Waals surface area contributed by atoms with Crippen LogP contribution in [0.3, 0.4) is 0 Å². The Balaban J connectivity index is 5.03. The molecule has 0 aliphatic rings. The summed E-state index contributed by atoms with van der Waals surface area (Å²) in [6.07, 6.45) is -1.92. The molecular weight excluding hydrogens is 382 g/mol. The van der Waals surface area contributed by atoms with E-state index < -0.39 is 66.3 Å². The van der Waals surface area contributed by atoms with Crippen molar-refractivity contribution in [3.63, 3.8) is 0 Å². The van der Waals surface area contributed by atoms with Crippen molar-refractivity contribution in [2.45, 2.75) is 50.5 Å². The van der Waals surface area contributed by atoms with E-state index in [1.54, 1.807) is 0 Å². The fourth-order valence-electron chi connectivity index (χ4n) is 1.82. The minimum Gasteiger partial charge on any atom is -0.480 e. The molecule has 0 fully saturated rings. The smallest absolute Gasteiger partial charge is 0.328 e. The Labute approximate surface area is 160 Å². The first-order valence-electron chi connectivity index (χ1n) is 7.87. The quantitative estimate of drug-likeness (QED) is 0.158. The van der Waals surface area contributed by atoms with Crippen molar-refractivity contribution in [1.82, 2.24) is 16.0 Å².